The standard InChI is InChI=1S/C27H30N6O4S/c34-24(30-20-10-12-28-13-11-20)19-8-9-21(29-15-19)22-17-38-26(31-22)32-25(35)23-7-4-14-33(23)27(36)37-16-18-5-2-1-3-6-18/h1-3,5-6,8-9,15,17,20,23,28H,4,7,10-14,16H2,(H,30,34)(H,31,32,35)/t23-/m1/s1. The number of pyridine rings is 1. The van der Waals surface area contributed by atoms with E-state index in [0.717, 1.165) is 37.9 Å². The van der Waals surface area contributed by atoms with Crippen LogP contribution < -0.4 is 16.0 Å². The Morgan fingerprint density at radius 3 is 2.63 bits per heavy atom. The number of aromatic nitrogens is 2. The van der Waals surface area contributed by atoms with Crippen molar-refractivity contribution in [2.45, 2.75) is 44.4 Å². The topological polar surface area (TPSA) is 126 Å². The van der Waals surface area contributed by atoms with Gasteiger partial charge in [-0.3, -0.25) is 19.5 Å². The van der Waals surface area contributed by atoms with E-state index in [9.17, 15) is 14.4 Å². The highest BCUT2D eigenvalue weighted by Crippen LogP contribution is 2.26. The van der Waals surface area contributed by atoms with E-state index in [-0.39, 0.29) is 24.5 Å². The Morgan fingerprint density at radius 2 is 1.87 bits per heavy atom. The number of nitrogens with one attached hydrogen (secondary N) is 3. The molecule has 0 unspecified atom stereocenters. The Morgan fingerprint density at radius 1 is 1.05 bits per heavy atom. The zero-order chi connectivity index (χ0) is 26.3. The number of amides is 3. The fraction of sp³-hybridized carbons (Fsp3) is 0.370. The van der Waals surface area contributed by atoms with Gasteiger partial charge in [-0.05, 0) is 56.5 Å². The van der Waals surface area contributed by atoms with E-state index in [0.29, 0.717) is 35.0 Å². The van der Waals surface area contributed by atoms with Crippen molar-refractivity contribution < 1.29 is 19.1 Å². The summed E-state index contributed by atoms with van der Waals surface area (Å²) in [5, 5.41) is 11.4. The van der Waals surface area contributed by atoms with Crippen LogP contribution in [0.1, 0.15) is 41.6 Å². The maximum Gasteiger partial charge on any atom is 0.410 e. The Labute approximate surface area is 224 Å². The Hall–Kier alpha value is -3.83. The number of ether oxygens (including phenoxy) is 1. The van der Waals surface area contributed by atoms with E-state index in [1.165, 1.54) is 16.2 Å². The van der Waals surface area contributed by atoms with E-state index >= 15 is 0 Å². The lowest BCUT2D eigenvalue weighted by molar-refractivity contribution is -0.120. The summed E-state index contributed by atoms with van der Waals surface area (Å²) in [4.78, 5) is 48.5. The molecule has 0 saturated carbocycles. The Kier molecular flexibility index (Phi) is 8.25. The van der Waals surface area contributed by atoms with Crippen molar-refractivity contribution in [3.63, 3.8) is 0 Å². The van der Waals surface area contributed by atoms with Crippen molar-refractivity contribution in [2.24, 2.45) is 0 Å². The lowest BCUT2D eigenvalue weighted by atomic mass is 10.1. The van der Waals surface area contributed by atoms with Crippen molar-refractivity contribution in [3.05, 3.63) is 65.2 Å². The first-order valence-corrected chi connectivity index (χ1v) is 13.7. The van der Waals surface area contributed by atoms with Gasteiger partial charge in [0, 0.05) is 24.2 Å². The summed E-state index contributed by atoms with van der Waals surface area (Å²) in [6.45, 7) is 2.44. The third-order valence-electron chi connectivity index (χ3n) is 6.69. The molecular weight excluding hydrogens is 504 g/mol. The first-order chi connectivity index (χ1) is 18.6. The molecule has 2 fully saturated rings. The van der Waals surface area contributed by atoms with Gasteiger partial charge >= 0.3 is 6.09 Å². The number of carbonyl (C=O) groups excluding carboxylic acids is 3. The molecule has 0 aliphatic carbocycles. The average molecular weight is 535 g/mol. The van der Waals surface area contributed by atoms with Crippen LogP contribution in [0.2, 0.25) is 0 Å². The van der Waals surface area contributed by atoms with Gasteiger partial charge in [0.05, 0.1) is 11.3 Å². The van der Waals surface area contributed by atoms with Crippen LogP contribution in [0.3, 0.4) is 0 Å². The van der Waals surface area contributed by atoms with Crippen LogP contribution in [-0.4, -0.2) is 64.5 Å². The molecule has 4 heterocycles. The first kappa shape index (κ1) is 25.8. The first-order valence-electron chi connectivity index (χ1n) is 12.8. The van der Waals surface area contributed by atoms with Crippen LogP contribution in [0.25, 0.3) is 11.4 Å². The molecule has 3 N–H and O–H groups in total. The van der Waals surface area contributed by atoms with Gasteiger partial charge in [-0.1, -0.05) is 30.3 Å². The normalized spacial score (nSPS) is 17.7. The number of rotatable bonds is 7. The minimum Gasteiger partial charge on any atom is -0.445 e. The van der Waals surface area contributed by atoms with Crippen molar-refractivity contribution in [3.8, 4) is 11.4 Å². The number of likely N-dealkylation sites (tertiary alicyclic amines) is 1. The van der Waals surface area contributed by atoms with Gasteiger partial charge in [0.25, 0.3) is 5.91 Å². The second-order valence-corrected chi connectivity index (χ2v) is 10.2. The summed E-state index contributed by atoms with van der Waals surface area (Å²) in [7, 11) is 0. The van der Waals surface area contributed by atoms with E-state index < -0.39 is 12.1 Å². The van der Waals surface area contributed by atoms with Gasteiger partial charge in [-0.25, -0.2) is 9.78 Å². The summed E-state index contributed by atoms with van der Waals surface area (Å²) >= 11 is 1.28. The maximum atomic E-state index is 13.0. The Balaban J connectivity index is 1.15. The molecule has 2 aliphatic rings. The van der Waals surface area contributed by atoms with Gasteiger partial charge in [0.1, 0.15) is 18.3 Å². The number of hydrogen-bond acceptors (Lipinski definition) is 8. The smallest absolute Gasteiger partial charge is 0.410 e. The maximum absolute atomic E-state index is 13.0. The van der Waals surface area contributed by atoms with Gasteiger partial charge in [-0.2, -0.15) is 0 Å². The van der Waals surface area contributed by atoms with E-state index in [2.05, 4.69) is 25.9 Å². The molecule has 38 heavy (non-hydrogen) atoms. The molecule has 1 atom stereocenters. The highest BCUT2D eigenvalue weighted by Gasteiger charge is 2.35. The minimum absolute atomic E-state index is 0.134. The van der Waals surface area contributed by atoms with Gasteiger partial charge in [0.15, 0.2) is 5.13 Å². The quantitative estimate of drug-likeness (QED) is 0.424. The molecule has 0 spiro atoms. The summed E-state index contributed by atoms with van der Waals surface area (Å²) in [6, 6.07) is 12.5. The summed E-state index contributed by atoms with van der Waals surface area (Å²) in [5.74, 6) is -0.427. The summed E-state index contributed by atoms with van der Waals surface area (Å²) in [5.41, 5.74) is 2.59. The molecule has 11 heteroatoms. The van der Waals surface area contributed by atoms with Crippen molar-refractivity contribution in [1.29, 1.82) is 0 Å². The molecule has 0 bridgehead atoms. The number of anilines is 1. The van der Waals surface area contributed by atoms with Crippen LogP contribution >= 0.6 is 11.3 Å². The fourth-order valence-electron chi connectivity index (χ4n) is 4.61. The van der Waals surface area contributed by atoms with E-state index in [4.69, 9.17) is 4.74 Å². The largest absolute Gasteiger partial charge is 0.445 e. The minimum atomic E-state index is -0.610. The predicted octanol–water partition coefficient (Wildman–Crippen LogP) is 3.43. The van der Waals surface area contributed by atoms with E-state index in [1.54, 1.807) is 23.7 Å². The Bertz CT molecular complexity index is 1260. The summed E-state index contributed by atoms with van der Waals surface area (Å²) < 4.78 is 5.43. The SMILES string of the molecule is O=C(NC1CCNCC1)c1ccc(-c2csc(NC(=O)[C@H]3CCCN3C(=O)OCc3ccccc3)n2)nc1. The van der Waals surface area contributed by atoms with Gasteiger partial charge in [0.2, 0.25) is 5.91 Å². The zero-order valence-corrected chi connectivity index (χ0v) is 21.7. The highest BCUT2D eigenvalue weighted by atomic mass is 32.1. The monoisotopic (exact) mass is 534 g/mol. The number of carbonyl (C=O) groups is 3. The predicted molar refractivity (Wildman–Crippen MR) is 144 cm³/mol. The second kappa shape index (κ2) is 12.1. The molecule has 1 aromatic carbocycles. The molecule has 198 valence electrons. The van der Waals surface area contributed by atoms with Crippen LogP contribution in [0, 0.1) is 0 Å². The molecule has 5 rings (SSSR count). The second-order valence-electron chi connectivity index (χ2n) is 9.35. The molecule has 3 aromatic rings. The molecule has 2 aromatic heterocycles. The molecule has 0 radical (unpaired) electrons. The number of piperidine rings is 1. The lowest BCUT2D eigenvalue weighted by Crippen LogP contribution is -2.43. The molecule has 10 nitrogen and oxygen atoms in total. The third-order valence-corrected chi connectivity index (χ3v) is 7.45. The lowest BCUT2D eigenvalue weighted by Gasteiger charge is -2.23. The molecule has 3 amide bonds. The number of hydrogen-bond donors (Lipinski definition) is 3. The summed E-state index contributed by atoms with van der Waals surface area (Å²) in [6.07, 6.45) is 4.16. The van der Waals surface area contributed by atoms with Crippen molar-refractivity contribution >= 4 is 34.4 Å². The van der Waals surface area contributed by atoms with Crippen molar-refractivity contribution in [2.75, 3.05) is 25.0 Å². The average Bonchev–Trinajstić information content (AvgIpc) is 3.63. The number of nitrogens with zero attached hydrogens (tertiary/aromatic N) is 3. The van der Waals surface area contributed by atoms with Gasteiger partial charge in [-0.15, -0.1) is 11.3 Å². The fourth-order valence-corrected chi connectivity index (χ4v) is 5.32. The van der Waals surface area contributed by atoms with Gasteiger partial charge < -0.3 is 20.7 Å². The molecular formula is C27H30N6O4S. The van der Waals surface area contributed by atoms with Crippen LogP contribution in [0.15, 0.2) is 54.0 Å². The number of benzene rings is 1. The van der Waals surface area contributed by atoms with Crippen molar-refractivity contribution in [1.82, 2.24) is 25.5 Å². The van der Waals surface area contributed by atoms with E-state index in [1.807, 2.05) is 30.3 Å². The van der Waals surface area contributed by atoms with Crippen LogP contribution in [-0.2, 0) is 16.1 Å². The zero-order valence-electron chi connectivity index (χ0n) is 20.9. The van der Waals surface area contributed by atoms with Crippen LogP contribution in [0.5, 0.6) is 0 Å². The number of thiazole rings is 1. The highest BCUT2D eigenvalue weighted by molar-refractivity contribution is 7.14. The molecule has 2 aliphatic heterocycles. The third kappa shape index (κ3) is 6.35. The molecule has 2 saturated heterocycles. The van der Waals surface area contributed by atoms with Crippen LogP contribution in [0.4, 0.5) is 9.93 Å².